The van der Waals surface area contributed by atoms with Crippen LogP contribution >= 0.6 is 11.6 Å². The van der Waals surface area contributed by atoms with Gasteiger partial charge in [0, 0.05) is 22.0 Å². The predicted octanol–water partition coefficient (Wildman–Crippen LogP) is 6.30. The molecule has 1 N–H and O–H groups in total. The van der Waals surface area contributed by atoms with Crippen molar-refractivity contribution in [3.63, 3.8) is 0 Å². The molecule has 0 amide bonds. The number of rotatable bonds is 3. The summed E-state index contributed by atoms with van der Waals surface area (Å²) in [6, 6.07) is 23.7. The van der Waals surface area contributed by atoms with Gasteiger partial charge in [-0.1, -0.05) is 35.9 Å². The lowest BCUT2D eigenvalue weighted by atomic mass is 10.1. The zero-order valence-electron chi connectivity index (χ0n) is 15.2. The van der Waals surface area contributed by atoms with Crippen LogP contribution in [0.25, 0.3) is 22.3 Å². The number of anilines is 1. The van der Waals surface area contributed by atoms with E-state index in [9.17, 15) is 0 Å². The first-order valence-corrected chi connectivity index (χ1v) is 9.14. The third-order valence-corrected chi connectivity index (χ3v) is 4.65. The van der Waals surface area contributed by atoms with Crippen molar-refractivity contribution in [3.05, 3.63) is 94.3 Å². The van der Waals surface area contributed by atoms with Crippen LogP contribution in [0.2, 0.25) is 5.02 Å². The fraction of sp³-hybridized carbons (Fsp3) is 0.0870. The molecule has 27 heavy (non-hydrogen) atoms. The number of nitrogens with one attached hydrogen (secondary N) is 1. The van der Waals surface area contributed by atoms with Crippen LogP contribution < -0.4 is 10.8 Å². The van der Waals surface area contributed by atoms with E-state index < -0.39 is 0 Å². The molecule has 0 aliphatic rings. The highest BCUT2D eigenvalue weighted by molar-refractivity contribution is 6.30. The molecule has 4 aromatic rings. The van der Waals surface area contributed by atoms with Crippen LogP contribution in [0, 0.1) is 13.8 Å². The fourth-order valence-corrected chi connectivity index (χ4v) is 3.29. The Hall–Kier alpha value is -3.04. The number of halogens is 1. The maximum absolute atomic E-state index is 6.21. The van der Waals surface area contributed by atoms with Gasteiger partial charge in [0.2, 0.25) is 0 Å². The predicted molar refractivity (Wildman–Crippen MR) is 112 cm³/mol. The second-order valence-electron chi connectivity index (χ2n) is 6.55. The standard InChI is InChI=1S/C23H19ClN2O/c1-15-12-16(2)23-20(26-25-19-6-4-3-5-7-19)14-21(27-22(23)13-15)17-8-10-18(24)11-9-17/h3-14,25H,1-2H3/b26-20-. The van der Waals surface area contributed by atoms with E-state index in [1.54, 1.807) is 0 Å². The van der Waals surface area contributed by atoms with Gasteiger partial charge in [-0.3, -0.25) is 5.43 Å². The zero-order chi connectivity index (χ0) is 18.8. The molecule has 0 saturated carbocycles. The van der Waals surface area contributed by atoms with Crippen molar-refractivity contribution in [2.24, 2.45) is 5.10 Å². The van der Waals surface area contributed by atoms with Gasteiger partial charge in [-0.05, 0) is 67.4 Å². The van der Waals surface area contributed by atoms with Gasteiger partial charge in [-0.25, -0.2) is 0 Å². The van der Waals surface area contributed by atoms with E-state index in [0.29, 0.717) is 5.02 Å². The Kier molecular flexibility index (Phi) is 4.69. The summed E-state index contributed by atoms with van der Waals surface area (Å²) in [4.78, 5) is 0. The topological polar surface area (TPSA) is 37.5 Å². The highest BCUT2D eigenvalue weighted by atomic mass is 35.5. The molecule has 0 atom stereocenters. The van der Waals surface area contributed by atoms with Gasteiger partial charge < -0.3 is 4.42 Å². The maximum atomic E-state index is 6.21. The summed E-state index contributed by atoms with van der Waals surface area (Å²) in [5.74, 6) is 0.748. The molecule has 0 unspecified atom stereocenters. The van der Waals surface area contributed by atoms with Crippen molar-refractivity contribution in [2.75, 3.05) is 5.43 Å². The van der Waals surface area contributed by atoms with Crippen molar-refractivity contribution in [2.45, 2.75) is 13.8 Å². The van der Waals surface area contributed by atoms with Crippen molar-refractivity contribution < 1.29 is 4.42 Å². The average Bonchev–Trinajstić information content (AvgIpc) is 2.67. The summed E-state index contributed by atoms with van der Waals surface area (Å²) in [6.45, 7) is 4.14. The van der Waals surface area contributed by atoms with E-state index in [0.717, 1.165) is 44.5 Å². The summed E-state index contributed by atoms with van der Waals surface area (Å²) in [7, 11) is 0. The minimum Gasteiger partial charge on any atom is -0.456 e. The van der Waals surface area contributed by atoms with Gasteiger partial charge >= 0.3 is 0 Å². The third-order valence-electron chi connectivity index (χ3n) is 4.40. The molecular weight excluding hydrogens is 356 g/mol. The Labute approximate surface area is 162 Å². The Bertz CT molecular complexity index is 1160. The minimum atomic E-state index is 0.696. The molecule has 4 heteroatoms. The summed E-state index contributed by atoms with van der Waals surface area (Å²) < 4.78 is 6.21. The molecule has 0 aliphatic carbocycles. The van der Waals surface area contributed by atoms with Crippen LogP contribution in [-0.4, -0.2) is 0 Å². The molecule has 0 fully saturated rings. The van der Waals surface area contributed by atoms with Crippen LogP contribution in [-0.2, 0) is 0 Å². The molecule has 1 aromatic heterocycles. The number of hydrogen-bond acceptors (Lipinski definition) is 3. The minimum absolute atomic E-state index is 0.696. The Morgan fingerprint density at radius 2 is 1.63 bits per heavy atom. The lowest BCUT2D eigenvalue weighted by Crippen LogP contribution is -2.09. The second kappa shape index (κ2) is 7.29. The van der Waals surface area contributed by atoms with Gasteiger partial charge in [0.25, 0.3) is 0 Å². The van der Waals surface area contributed by atoms with Crippen molar-refractivity contribution in [1.29, 1.82) is 0 Å². The highest BCUT2D eigenvalue weighted by Gasteiger charge is 2.09. The lowest BCUT2D eigenvalue weighted by molar-refractivity contribution is 0.617. The van der Waals surface area contributed by atoms with Crippen LogP contribution in [0.4, 0.5) is 5.69 Å². The van der Waals surface area contributed by atoms with E-state index in [1.165, 1.54) is 0 Å². The maximum Gasteiger partial charge on any atom is 0.137 e. The molecule has 0 aliphatic heterocycles. The summed E-state index contributed by atoms with van der Waals surface area (Å²) >= 11 is 6.03. The first kappa shape index (κ1) is 17.4. The van der Waals surface area contributed by atoms with Gasteiger partial charge in [0.05, 0.1) is 11.0 Å². The largest absolute Gasteiger partial charge is 0.456 e. The number of benzene rings is 3. The second-order valence-corrected chi connectivity index (χ2v) is 6.98. The van der Waals surface area contributed by atoms with Crippen LogP contribution in [0.1, 0.15) is 11.1 Å². The molecular formula is C23H19ClN2O. The van der Waals surface area contributed by atoms with Gasteiger partial charge in [-0.2, -0.15) is 5.10 Å². The Morgan fingerprint density at radius 1 is 0.889 bits per heavy atom. The van der Waals surface area contributed by atoms with Gasteiger partial charge in [-0.15, -0.1) is 0 Å². The average molecular weight is 375 g/mol. The summed E-state index contributed by atoms with van der Waals surface area (Å²) in [5, 5.41) is 7.20. The first-order valence-electron chi connectivity index (χ1n) is 8.76. The van der Waals surface area contributed by atoms with Crippen LogP contribution in [0.15, 0.2) is 82.3 Å². The number of fused-ring (bicyclic) bond motifs is 1. The van der Waals surface area contributed by atoms with Crippen molar-refractivity contribution in [3.8, 4) is 11.3 Å². The van der Waals surface area contributed by atoms with Crippen LogP contribution in [0.3, 0.4) is 0 Å². The van der Waals surface area contributed by atoms with Crippen molar-refractivity contribution in [1.82, 2.24) is 0 Å². The monoisotopic (exact) mass is 374 g/mol. The number of aryl methyl sites for hydroxylation is 2. The molecule has 3 aromatic carbocycles. The van der Waals surface area contributed by atoms with Gasteiger partial charge in [0.1, 0.15) is 11.3 Å². The number of para-hydroxylation sites is 1. The Balaban J connectivity index is 1.93. The quantitative estimate of drug-likeness (QED) is 0.427. The lowest BCUT2D eigenvalue weighted by Gasteiger charge is -2.09. The summed E-state index contributed by atoms with van der Waals surface area (Å²) in [5.41, 5.74) is 8.13. The van der Waals surface area contributed by atoms with E-state index >= 15 is 0 Å². The van der Waals surface area contributed by atoms with Crippen molar-refractivity contribution >= 4 is 28.3 Å². The molecule has 0 radical (unpaired) electrons. The molecule has 134 valence electrons. The number of nitrogens with zero attached hydrogens (tertiary/aromatic N) is 1. The molecule has 1 heterocycles. The van der Waals surface area contributed by atoms with E-state index in [4.69, 9.17) is 16.0 Å². The van der Waals surface area contributed by atoms with E-state index in [2.05, 4.69) is 30.4 Å². The van der Waals surface area contributed by atoms with Gasteiger partial charge in [0.15, 0.2) is 0 Å². The molecule has 0 saturated heterocycles. The number of hydrogen-bond donors (Lipinski definition) is 1. The SMILES string of the molecule is Cc1cc(C)c2/c(=N\Nc3ccccc3)cc(-c3ccc(Cl)cc3)oc2c1. The molecule has 4 rings (SSSR count). The van der Waals surface area contributed by atoms with Crippen LogP contribution in [0.5, 0.6) is 0 Å². The summed E-state index contributed by atoms with van der Waals surface area (Å²) in [6.07, 6.45) is 0. The fourth-order valence-electron chi connectivity index (χ4n) is 3.16. The Morgan fingerprint density at radius 3 is 2.37 bits per heavy atom. The zero-order valence-corrected chi connectivity index (χ0v) is 15.9. The first-order chi connectivity index (χ1) is 13.1. The third kappa shape index (κ3) is 3.74. The smallest absolute Gasteiger partial charge is 0.137 e. The molecule has 3 nitrogen and oxygen atoms in total. The van der Waals surface area contributed by atoms with E-state index in [1.807, 2.05) is 66.7 Å². The molecule has 0 spiro atoms. The van der Waals surface area contributed by atoms with E-state index in [-0.39, 0.29) is 0 Å². The highest BCUT2D eigenvalue weighted by Crippen LogP contribution is 2.26. The molecule has 0 bridgehead atoms. The normalized spacial score (nSPS) is 11.7.